The van der Waals surface area contributed by atoms with Crippen molar-refractivity contribution in [2.75, 3.05) is 5.43 Å². The molecule has 3 heterocycles. The maximum Gasteiger partial charge on any atom is 0.158 e. The van der Waals surface area contributed by atoms with Gasteiger partial charge in [0.1, 0.15) is 22.5 Å². The first-order valence-corrected chi connectivity index (χ1v) is 8.45. The monoisotopic (exact) mass is 336 g/mol. The van der Waals surface area contributed by atoms with Crippen molar-refractivity contribution in [2.24, 2.45) is 5.10 Å². The Morgan fingerprint density at radius 2 is 2.04 bits per heavy atom. The van der Waals surface area contributed by atoms with Crippen LogP contribution in [0.25, 0.3) is 21.2 Å². The Bertz CT molecular complexity index is 1040. The van der Waals surface area contributed by atoms with Gasteiger partial charge in [0.2, 0.25) is 0 Å². The van der Waals surface area contributed by atoms with Crippen LogP contribution in [0.3, 0.4) is 0 Å². The minimum absolute atomic E-state index is 0.720. The zero-order valence-electron chi connectivity index (χ0n) is 13.6. The smallest absolute Gasteiger partial charge is 0.158 e. The summed E-state index contributed by atoms with van der Waals surface area (Å²) in [5.41, 5.74) is 5.88. The summed E-state index contributed by atoms with van der Waals surface area (Å²) in [6, 6.07) is 9.91. The number of nitrogens with zero attached hydrogens (tertiary/aromatic N) is 3. The van der Waals surface area contributed by atoms with E-state index in [0.29, 0.717) is 0 Å². The van der Waals surface area contributed by atoms with Crippen LogP contribution in [0.1, 0.15) is 23.1 Å². The Morgan fingerprint density at radius 1 is 1.21 bits per heavy atom. The number of anilines is 1. The standard InChI is InChI=1S/C18H16N4OS/c1-10-12(3)24-18-16(10)17(19-9-20-18)22-21-11(2)15-8-13-6-4-5-7-14(13)23-15/h4-9H,1-3H3,(H,19,20,22)/b21-11+. The first kappa shape index (κ1) is 14.8. The topological polar surface area (TPSA) is 63.3 Å². The van der Waals surface area contributed by atoms with Crippen molar-refractivity contribution in [1.29, 1.82) is 0 Å². The third-order valence-electron chi connectivity index (χ3n) is 4.08. The number of aryl methyl sites for hydroxylation is 2. The van der Waals surface area contributed by atoms with E-state index in [2.05, 4.69) is 34.3 Å². The largest absolute Gasteiger partial charge is 0.455 e. The van der Waals surface area contributed by atoms with Crippen molar-refractivity contribution in [3.05, 3.63) is 52.9 Å². The molecule has 5 nitrogen and oxygen atoms in total. The first-order chi connectivity index (χ1) is 11.6. The number of para-hydroxylation sites is 1. The van der Waals surface area contributed by atoms with Gasteiger partial charge in [-0.2, -0.15) is 5.10 Å². The zero-order chi connectivity index (χ0) is 16.7. The molecule has 0 aliphatic rings. The summed E-state index contributed by atoms with van der Waals surface area (Å²) in [4.78, 5) is 10.9. The molecule has 0 aliphatic heterocycles. The SMILES string of the molecule is C/C(=N\Nc1ncnc2sc(C)c(C)c12)c1cc2ccccc2o1. The number of hydrogen-bond acceptors (Lipinski definition) is 6. The van der Waals surface area contributed by atoms with Gasteiger partial charge < -0.3 is 4.42 Å². The van der Waals surface area contributed by atoms with Crippen molar-refractivity contribution in [1.82, 2.24) is 9.97 Å². The Morgan fingerprint density at radius 3 is 2.88 bits per heavy atom. The molecule has 0 bridgehead atoms. The van der Waals surface area contributed by atoms with Gasteiger partial charge >= 0.3 is 0 Å². The van der Waals surface area contributed by atoms with E-state index >= 15 is 0 Å². The maximum atomic E-state index is 5.83. The fourth-order valence-electron chi connectivity index (χ4n) is 2.62. The maximum absolute atomic E-state index is 5.83. The summed E-state index contributed by atoms with van der Waals surface area (Å²) >= 11 is 1.67. The van der Waals surface area contributed by atoms with Crippen LogP contribution in [0.4, 0.5) is 5.82 Å². The summed E-state index contributed by atoms with van der Waals surface area (Å²) in [5, 5.41) is 6.54. The van der Waals surface area contributed by atoms with Crippen LogP contribution >= 0.6 is 11.3 Å². The van der Waals surface area contributed by atoms with E-state index in [-0.39, 0.29) is 0 Å². The van der Waals surface area contributed by atoms with Crippen molar-refractivity contribution in [2.45, 2.75) is 20.8 Å². The van der Waals surface area contributed by atoms with E-state index < -0.39 is 0 Å². The molecule has 0 atom stereocenters. The molecule has 1 aromatic carbocycles. The van der Waals surface area contributed by atoms with E-state index in [0.717, 1.165) is 38.5 Å². The van der Waals surface area contributed by atoms with Crippen molar-refractivity contribution >= 4 is 44.1 Å². The van der Waals surface area contributed by atoms with Crippen LogP contribution < -0.4 is 5.43 Å². The van der Waals surface area contributed by atoms with Gasteiger partial charge in [0.25, 0.3) is 0 Å². The fourth-order valence-corrected chi connectivity index (χ4v) is 3.62. The lowest BCUT2D eigenvalue weighted by molar-refractivity contribution is 0.604. The first-order valence-electron chi connectivity index (χ1n) is 7.63. The van der Waals surface area contributed by atoms with Gasteiger partial charge in [-0.05, 0) is 38.5 Å². The number of hydrazone groups is 1. The molecule has 0 unspecified atom stereocenters. The molecular weight excluding hydrogens is 320 g/mol. The van der Waals surface area contributed by atoms with E-state index in [1.54, 1.807) is 17.7 Å². The highest BCUT2D eigenvalue weighted by molar-refractivity contribution is 7.18. The summed E-state index contributed by atoms with van der Waals surface area (Å²) in [6.45, 7) is 6.09. The number of hydrogen-bond donors (Lipinski definition) is 1. The minimum atomic E-state index is 0.720. The third-order valence-corrected chi connectivity index (χ3v) is 5.19. The number of thiophene rings is 1. The predicted octanol–water partition coefficient (Wildman–Crippen LogP) is 4.89. The lowest BCUT2D eigenvalue weighted by Crippen LogP contribution is -2.00. The molecule has 0 saturated heterocycles. The summed E-state index contributed by atoms with van der Waals surface area (Å²) in [7, 11) is 0. The Labute approximate surface area is 143 Å². The number of nitrogens with one attached hydrogen (secondary N) is 1. The van der Waals surface area contributed by atoms with E-state index in [1.165, 1.54) is 10.4 Å². The minimum Gasteiger partial charge on any atom is -0.455 e. The predicted molar refractivity (Wildman–Crippen MR) is 98.9 cm³/mol. The zero-order valence-corrected chi connectivity index (χ0v) is 14.4. The molecule has 0 radical (unpaired) electrons. The van der Waals surface area contributed by atoms with Gasteiger partial charge in [0.05, 0.1) is 5.39 Å². The van der Waals surface area contributed by atoms with Crippen molar-refractivity contribution in [3.63, 3.8) is 0 Å². The van der Waals surface area contributed by atoms with Crippen LogP contribution in [0.2, 0.25) is 0 Å². The second-order valence-corrected chi connectivity index (χ2v) is 6.85. The number of benzene rings is 1. The second-order valence-electron chi connectivity index (χ2n) is 5.64. The number of fused-ring (bicyclic) bond motifs is 2. The van der Waals surface area contributed by atoms with Gasteiger partial charge in [0, 0.05) is 10.3 Å². The van der Waals surface area contributed by atoms with Crippen LogP contribution in [-0.2, 0) is 0 Å². The highest BCUT2D eigenvalue weighted by Crippen LogP contribution is 2.32. The molecule has 3 aromatic heterocycles. The molecule has 120 valence electrons. The van der Waals surface area contributed by atoms with Gasteiger partial charge in [-0.3, -0.25) is 5.43 Å². The quantitative estimate of drug-likeness (QED) is 0.427. The fraction of sp³-hybridized carbons (Fsp3) is 0.167. The molecule has 0 spiro atoms. The Hall–Kier alpha value is -2.73. The van der Waals surface area contributed by atoms with Crippen LogP contribution in [0, 0.1) is 13.8 Å². The van der Waals surface area contributed by atoms with E-state index in [4.69, 9.17) is 4.42 Å². The number of furan rings is 1. The van der Waals surface area contributed by atoms with Crippen LogP contribution in [0.15, 0.2) is 46.2 Å². The van der Waals surface area contributed by atoms with E-state index in [1.807, 2.05) is 37.3 Å². The highest BCUT2D eigenvalue weighted by Gasteiger charge is 2.12. The average molecular weight is 336 g/mol. The van der Waals surface area contributed by atoms with Crippen molar-refractivity contribution < 1.29 is 4.42 Å². The molecule has 6 heteroatoms. The molecule has 4 aromatic rings. The molecule has 0 aliphatic carbocycles. The van der Waals surface area contributed by atoms with Crippen LogP contribution in [-0.4, -0.2) is 15.7 Å². The molecule has 1 N–H and O–H groups in total. The second kappa shape index (κ2) is 5.72. The third kappa shape index (κ3) is 2.45. The van der Waals surface area contributed by atoms with E-state index in [9.17, 15) is 0 Å². The Balaban J connectivity index is 1.69. The summed E-state index contributed by atoms with van der Waals surface area (Å²) in [6.07, 6.45) is 1.56. The molecule has 0 saturated carbocycles. The lowest BCUT2D eigenvalue weighted by atomic mass is 10.2. The van der Waals surface area contributed by atoms with Crippen molar-refractivity contribution in [3.8, 4) is 0 Å². The lowest BCUT2D eigenvalue weighted by Gasteiger charge is -2.03. The average Bonchev–Trinajstić information content (AvgIpc) is 3.14. The summed E-state index contributed by atoms with van der Waals surface area (Å²) < 4.78 is 5.83. The van der Waals surface area contributed by atoms with Gasteiger partial charge in [-0.1, -0.05) is 18.2 Å². The number of aromatic nitrogens is 2. The Kier molecular flexibility index (Phi) is 3.54. The van der Waals surface area contributed by atoms with Gasteiger partial charge in [0.15, 0.2) is 11.6 Å². The molecule has 24 heavy (non-hydrogen) atoms. The highest BCUT2D eigenvalue weighted by atomic mass is 32.1. The van der Waals surface area contributed by atoms with Gasteiger partial charge in [-0.15, -0.1) is 11.3 Å². The summed E-state index contributed by atoms with van der Waals surface area (Å²) in [5.74, 6) is 1.46. The normalized spacial score (nSPS) is 12.2. The van der Waals surface area contributed by atoms with Gasteiger partial charge in [-0.25, -0.2) is 9.97 Å². The van der Waals surface area contributed by atoms with Crippen LogP contribution in [0.5, 0.6) is 0 Å². The molecule has 0 fully saturated rings. The molecular formula is C18H16N4OS. The molecule has 4 rings (SSSR count). The molecule has 0 amide bonds. The number of rotatable bonds is 3.